The molecule has 2 atom stereocenters. The molecule has 1 fully saturated rings. The van der Waals surface area contributed by atoms with E-state index in [4.69, 9.17) is 16.3 Å². The number of amides is 1. The first kappa shape index (κ1) is 14.1. The number of ether oxygens (including phenoxy) is 1. The Balaban J connectivity index is 2.00. The third-order valence-electron chi connectivity index (χ3n) is 3.06. The average Bonchev–Trinajstić information content (AvgIpc) is 2.86. The Morgan fingerprint density at radius 2 is 2.39 bits per heavy atom. The van der Waals surface area contributed by atoms with E-state index in [0.29, 0.717) is 10.6 Å². The molecule has 1 aliphatic heterocycles. The van der Waals surface area contributed by atoms with Crippen LogP contribution in [-0.4, -0.2) is 24.7 Å². The van der Waals surface area contributed by atoms with Crippen molar-refractivity contribution in [2.75, 3.05) is 6.61 Å². The third kappa shape index (κ3) is 3.36. The van der Waals surface area contributed by atoms with Gasteiger partial charge < -0.3 is 10.1 Å². The number of halogens is 2. The summed E-state index contributed by atoms with van der Waals surface area (Å²) in [5.74, 6) is -0.101. The maximum absolute atomic E-state index is 12.0. The average molecular weight is 380 g/mol. The molecule has 1 aromatic rings. The molecule has 98 valence electrons. The van der Waals surface area contributed by atoms with Crippen molar-refractivity contribution in [2.45, 2.75) is 31.9 Å². The van der Waals surface area contributed by atoms with E-state index in [-0.39, 0.29) is 18.1 Å². The molecule has 1 aliphatic rings. The smallest absolute Gasteiger partial charge is 0.251 e. The van der Waals surface area contributed by atoms with Crippen LogP contribution in [0, 0.1) is 3.57 Å². The van der Waals surface area contributed by atoms with Crippen molar-refractivity contribution in [3.63, 3.8) is 0 Å². The first-order valence-electron chi connectivity index (χ1n) is 5.95. The number of carbonyl (C=O) groups excluding carboxylic acids is 1. The van der Waals surface area contributed by atoms with Crippen molar-refractivity contribution in [3.05, 3.63) is 32.4 Å². The highest BCUT2D eigenvalue weighted by Gasteiger charge is 2.24. The zero-order chi connectivity index (χ0) is 13.1. The molecule has 1 amide bonds. The SMILES string of the molecule is CC(NC(=O)c1ccc(I)c(Cl)c1)C1CCCO1. The predicted molar refractivity (Wildman–Crippen MR) is 80.1 cm³/mol. The number of hydrogen-bond acceptors (Lipinski definition) is 2. The van der Waals surface area contributed by atoms with Crippen molar-refractivity contribution in [1.29, 1.82) is 0 Å². The van der Waals surface area contributed by atoms with Crippen molar-refractivity contribution in [1.82, 2.24) is 5.32 Å². The quantitative estimate of drug-likeness (QED) is 0.819. The molecule has 1 saturated heterocycles. The summed E-state index contributed by atoms with van der Waals surface area (Å²) >= 11 is 8.15. The maximum Gasteiger partial charge on any atom is 0.251 e. The lowest BCUT2D eigenvalue weighted by Crippen LogP contribution is -2.40. The fraction of sp³-hybridized carbons (Fsp3) is 0.462. The Hall–Kier alpha value is -0.330. The molecule has 1 heterocycles. The first-order chi connectivity index (χ1) is 8.58. The van der Waals surface area contributed by atoms with Crippen molar-refractivity contribution >= 4 is 40.1 Å². The topological polar surface area (TPSA) is 38.3 Å². The zero-order valence-electron chi connectivity index (χ0n) is 10.1. The van der Waals surface area contributed by atoms with Crippen LogP contribution in [0.2, 0.25) is 5.02 Å². The zero-order valence-corrected chi connectivity index (χ0v) is 13.0. The summed E-state index contributed by atoms with van der Waals surface area (Å²) < 4.78 is 6.49. The van der Waals surface area contributed by atoms with E-state index in [1.807, 2.05) is 13.0 Å². The number of nitrogens with one attached hydrogen (secondary N) is 1. The molecule has 1 N–H and O–H groups in total. The van der Waals surface area contributed by atoms with Crippen LogP contribution >= 0.6 is 34.2 Å². The van der Waals surface area contributed by atoms with Crippen LogP contribution in [0.15, 0.2) is 18.2 Å². The Labute approximate surface area is 125 Å². The Bertz CT molecular complexity index is 447. The van der Waals surface area contributed by atoms with Gasteiger partial charge in [-0.25, -0.2) is 0 Å². The van der Waals surface area contributed by atoms with E-state index >= 15 is 0 Å². The number of rotatable bonds is 3. The summed E-state index contributed by atoms with van der Waals surface area (Å²) in [4.78, 5) is 12.0. The Kier molecular flexibility index (Phi) is 4.86. The van der Waals surface area contributed by atoms with Gasteiger partial charge in [0.2, 0.25) is 0 Å². The van der Waals surface area contributed by atoms with Gasteiger partial charge in [-0.3, -0.25) is 4.79 Å². The molecule has 0 saturated carbocycles. The maximum atomic E-state index is 12.0. The highest BCUT2D eigenvalue weighted by molar-refractivity contribution is 14.1. The minimum Gasteiger partial charge on any atom is -0.376 e. The summed E-state index contributed by atoms with van der Waals surface area (Å²) in [7, 11) is 0. The van der Waals surface area contributed by atoms with Gasteiger partial charge in [0.05, 0.1) is 17.2 Å². The molecule has 5 heteroatoms. The second-order valence-electron chi connectivity index (χ2n) is 4.44. The first-order valence-corrected chi connectivity index (χ1v) is 7.41. The lowest BCUT2D eigenvalue weighted by molar-refractivity contribution is 0.0712. The molecule has 0 spiro atoms. The van der Waals surface area contributed by atoms with Gasteiger partial charge in [-0.15, -0.1) is 0 Å². The van der Waals surface area contributed by atoms with E-state index in [9.17, 15) is 4.79 Å². The fourth-order valence-corrected chi connectivity index (χ4v) is 2.53. The molecule has 18 heavy (non-hydrogen) atoms. The highest BCUT2D eigenvalue weighted by atomic mass is 127. The molecule has 0 aliphatic carbocycles. The van der Waals surface area contributed by atoms with Crippen molar-refractivity contribution in [3.8, 4) is 0 Å². The summed E-state index contributed by atoms with van der Waals surface area (Å²) in [5.41, 5.74) is 0.588. The molecular formula is C13H15ClINO2. The Morgan fingerprint density at radius 1 is 1.61 bits per heavy atom. The highest BCUT2D eigenvalue weighted by Crippen LogP contribution is 2.20. The van der Waals surface area contributed by atoms with Crippen LogP contribution in [0.4, 0.5) is 0 Å². The minimum atomic E-state index is -0.101. The van der Waals surface area contributed by atoms with Crippen LogP contribution < -0.4 is 5.32 Å². The van der Waals surface area contributed by atoms with Crippen LogP contribution in [0.25, 0.3) is 0 Å². The second kappa shape index (κ2) is 6.21. The number of carbonyl (C=O) groups is 1. The van der Waals surface area contributed by atoms with Crippen molar-refractivity contribution in [2.24, 2.45) is 0 Å². The molecule has 2 unspecified atom stereocenters. The lowest BCUT2D eigenvalue weighted by atomic mass is 10.1. The van der Waals surface area contributed by atoms with E-state index < -0.39 is 0 Å². The molecule has 0 aromatic heterocycles. The van der Waals surface area contributed by atoms with Gasteiger partial charge in [0, 0.05) is 15.7 Å². The normalized spacial score (nSPS) is 20.7. The van der Waals surface area contributed by atoms with Crippen LogP contribution in [0.3, 0.4) is 0 Å². The van der Waals surface area contributed by atoms with Gasteiger partial charge in [-0.1, -0.05) is 11.6 Å². The molecule has 0 bridgehead atoms. The van der Waals surface area contributed by atoms with Crippen LogP contribution in [0.1, 0.15) is 30.1 Å². The predicted octanol–water partition coefficient (Wildman–Crippen LogP) is 3.24. The van der Waals surface area contributed by atoms with Crippen LogP contribution in [-0.2, 0) is 4.74 Å². The largest absolute Gasteiger partial charge is 0.376 e. The van der Waals surface area contributed by atoms with Gasteiger partial charge in [-0.05, 0) is 60.6 Å². The van der Waals surface area contributed by atoms with Crippen LogP contribution in [0.5, 0.6) is 0 Å². The summed E-state index contributed by atoms with van der Waals surface area (Å²) in [5, 5.41) is 3.56. The molecule has 2 rings (SSSR count). The molecule has 1 aromatic carbocycles. The Morgan fingerprint density at radius 3 is 3.00 bits per heavy atom. The van der Waals surface area contributed by atoms with Gasteiger partial charge >= 0.3 is 0 Å². The van der Waals surface area contributed by atoms with Gasteiger partial charge in [0.1, 0.15) is 0 Å². The molecular weight excluding hydrogens is 365 g/mol. The van der Waals surface area contributed by atoms with E-state index in [0.717, 1.165) is 23.0 Å². The van der Waals surface area contributed by atoms with Gasteiger partial charge in [-0.2, -0.15) is 0 Å². The molecule has 0 radical (unpaired) electrons. The van der Waals surface area contributed by atoms with E-state index in [2.05, 4.69) is 27.9 Å². The van der Waals surface area contributed by atoms with E-state index in [1.165, 1.54) is 0 Å². The van der Waals surface area contributed by atoms with Crippen molar-refractivity contribution < 1.29 is 9.53 Å². The van der Waals surface area contributed by atoms with Gasteiger partial charge in [0.25, 0.3) is 5.91 Å². The minimum absolute atomic E-state index is 0.0260. The number of hydrogen-bond donors (Lipinski definition) is 1. The number of benzene rings is 1. The van der Waals surface area contributed by atoms with E-state index in [1.54, 1.807) is 12.1 Å². The monoisotopic (exact) mass is 379 g/mol. The standard InChI is InChI=1S/C13H15ClINO2/c1-8(12-3-2-6-18-12)16-13(17)9-4-5-11(15)10(14)7-9/h4-5,7-8,12H,2-3,6H2,1H3,(H,16,17). The summed E-state index contributed by atoms with van der Waals surface area (Å²) in [6.07, 6.45) is 2.21. The summed E-state index contributed by atoms with van der Waals surface area (Å²) in [6.45, 7) is 2.77. The lowest BCUT2D eigenvalue weighted by Gasteiger charge is -2.20. The second-order valence-corrected chi connectivity index (χ2v) is 6.01. The molecule has 3 nitrogen and oxygen atoms in total. The fourth-order valence-electron chi connectivity index (χ4n) is 2.02. The van der Waals surface area contributed by atoms with Gasteiger partial charge in [0.15, 0.2) is 0 Å². The third-order valence-corrected chi connectivity index (χ3v) is 4.64. The summed E-state index contributed by atoms with van der Waals surface area (Å²) in [6, 6.07) is 5.35.